The molecule has 2 rings (SSSR count). The molecule has 3 amide bonds. The summed E-state index contributed by atoms with van der Waals surface area (Å²) in [5.41, 5.74) is 7.81. The third kappa shape index (κ3) is 5.12. The minimum Gasteiger partial charge on any atom is -0.352 e. The van der Waals surface area contributed by atoms with Gasteiger partial charge in [-0.05, 0) is 36.6 Å². The summed E-state index contributed by atoms with van der Waals surface area (Å²) in [6.07, 6.45) is 0.834. The van der Waals surface area contributed by atoms with Gasteiger partial charge in [-0.1, -0.05) is 42.5 Å². The second-order valence-corrected chi connectivity index (χ2v) is 5.54. The van der Waals surface area contributed by atoms with E-state index >= 15 is 0 Å². The Morgan fingerprint density at radius 2 is 1.67 bits per heavy atom. The van der Waals surface area contributed by atoms with Gasteiger partial charge in [-0.25, -0.2) is 4.79 Å². The van der Waals surface area contributed by atoms with E-state index in [0.717, 1.165) is 12.0 Å². The van der Waals surface area contributed by atoms with Crippen LogP contribution >= 0.6 is 0 Å². The first kappa shape index (κ1) is 17.5. The number of nitrogens with two attached hydrogens (primary N) is 1. The fraction of sp³-hybridized carbons (Fsp3) is 0.263. The molecule has 0 aromatic heterocycles. The van der Waals surface area contributed by atoms with Gasteiger partial charge < -0.3 is 16.0 Å². The fourth-order valence-corrected chi connectivity index (χ4v) is 2.45. The standard InChI is InChI=1S/C19H23N3O2/c1-2-22(13-12-15-6-4-3-5-7-15)18(23)17-10-8-16(9-11-17)14-21-19(20)24/h3-11H,2,12-14H2,1H3,(H3,20,21,24). The van der Waals surface area contributed by atoms with E-state index in [0.29, 0.717) is 25.2 Å². The molecule has 0 spiro atoms. The van der Waals surface area contributed by atoms with Gasteiger partial charge in [0, 0.05) is 25.2 Å². The molecule has 0 saturated heterocycles. The van der Waals surface area contributed by atoms with Crippen molar-refractivity contribution in [1.29, 1.82) is 0 Å². The SMILES string of the molecule is CCN(CCc1ccccc1)C(=O)c1ccc(CNC(N)=O)cc1. The lowest BCUT2D eigenvalue weighted by Crippen LogP contribution is -2.32. The van der Waals surface area contributed by atoms with Crippen LogP contribution in [0.4, 0.5) is 4.79 Å². The van der Waals surface area contributed by atoms with Crippen LogP contribution in [-0.4, -0.2) is 29.9 Å². The Morgan fingerprint density at radius 3 is 2.25 bits per heavy atom. The van der Waals surface area contributed by atoms with Crippen molar-refractivity contribution < 1.29 is 9.59 Å². The van der Waals surface area contributed by atoms with E-state index in [1.807, 2.05) is 42.2 Å². The zero-order valence-electron chi connectivity index (χ0n) is 13.9. The lowest BCUT2D eigenvalue weighted by molar-refractivity contribution is 0.0766. The molecule has 5 nitrogen and oxygen atoms in total. The van der Waals surface area contributed by atoms with Gasteiger partial charge in [0.2, 0.25) is 0 Å². The minimum absolute atomic E-state index is 0.0165. The summed E-state index contributed by atoms with van der Waals surface area (Å²) in [4.78, 5) is 25.2. The number of nitrogens with one attached hydrogen (secondary N) is 1. The molecule has 0 fully saturated rings. The van der Waals surface area contributed by atoms with E-state index < -0.39 is 6.03 Å². The van der Waals surface area contributed by atoms with Crippen molar-refractivity contribution in [2.75, 3.05) is 13.1 Å². The number of benzene rings is 2. The normalized spacial score (nSPS) is 10.2. The number of hydrogen-bond donors (Lipinski definition) is 2. The van der Waals surface area contributed by atoms with Crippen LogP contribution in [0.15, 0.2) is 54.6 Å². The predicted molar refractivity (Wildman–Crippen MR) is 94.6 cm³/mol. The Morgan fingerprint density at radius 1 is 1.00 bits per heavy atom. The van der Waals surface area contributed by atoms with Crippen molar-refractivity contribution in [3.05, 3.63) is 71.3 Å². The molecule has 0 radical (unpaired) electrons. The number of rotatable bonds is 7. The van der Waals surface area contributed by atoms with Crippen molar-refractivity contribution in [3.8, 4) is 0 Å². The first-order valence-electron chi connectivity index (χ1n) is 8.05. The molecule has 0 saturated carbocycles. The third-order valence-electron chi connectivity index (χ3n) is 3.85. The maximum atomic E-state index is 12.6. The summed E-state index contributed by atoms with van der Waals surface area (Å²) < 4.78 is 0. The maximum Gasteiger partial charge on any atom is 0.312 e. The molecule has 0 aliphatic rings. The molecular formula is C19H23N3O2. The van der Waals surface area contributed by atoms with Gasteiger partial charge in [0.1, 0.15) is 0 Å². The number of urea groups is 1. The first-order valence-corrected chi connectivity index (χ1v) is 8.05. The summed E-state index contributed by atoms with van der Waals surface area (Å²) in [5.74, 6) is 0.0165. The van der Waals surface area contributed by atoms with Gasteiger partial charge >= 0.3 is 6.03 Å². The third-order valence-corrected chi connectivity index (χ3v) is 3.85. The van der Waals surface area contributed by atoms with E-state index in [2.05, 4.69) is 17.4 Å². The molecule has 0 bridgehead atoms. The number of nitrogens with zero attached hydrogens (tertiary/aromatic N) is 1. The zero-order valence-corrected chi connectivity index (χ0v) is 13.9. The average molecular weight is 325 g/mol. The summed E-state index contributed by atoms with van der Waals surface area (Å²) in [5, 5.41) is 2.53. The summed E-state index contributed by atoms with van der Waals surface area (Å²) in [6.45, 7) is 3.68. The molecule has 0 aliphatic heterocycles. The van der Waals surface area contributed by atoms with Gasteiger partial charge in [0.25, 0.3) is 5.91 Å². The van der Waals surface area contributed by atoms with Crippen molar-refractivity contribution in [3.63, 3.8) is 0 Å². The Bertz CT molecular complexity index is 669. The lowest BCUT2D eigenvalue weighted by atomic mass is 10.1. The number of carbonyl (C=O) groups excluding carboxylic acids is 2. The van der Waals surface area contributed by atoms with E-state index in [4.69, 9.17) is 5.73 Å². The molecule has 3 N–H and O–H groups in total. The largest absolute Gasteiger partial charge is 0.352 e. The Hall–Kier alpha value is -2.82. The van der Waals surface area contributed by atoms with E-state index in [9.17, 15) is 9.59 Å². The van der Waals surface area contributed by atoms with Gasteiger partial charge in [-0.2, -0.15) is 0 Å². The smallest absolute Gasteiger partial charge is 0.312 e. The fourth-order valence-electron chi connectivity index (χ4n) is 2.45. The van der Waals surface area contributed by atoms with Crippen LogP contribution in [0.3, 0.4) is 0 Å². The zero-order chi connectivity index (χ0) is 17.4. The quantitative estimate of drug-likeness (QED) is 0.821. The van der Waals surface area contributed by atoms with Gasteiger partial charge in [-0.15, -0.1) is 0 Å². The van der Waals surface area contributed by atoms with Gasteiger partial charge in [0.05, 0.1) is 0 Å². The van der Waals surface area contributed by atoms with Crippen LogP contribution in [0.1, 0.15) is 28.4 Å². The number of likely N-dealkylation sites (N-methyl/N-ethyl adjacent to an activating group) is 1. The monoisotopic (exact) mass is 325 g/mol. The second-order valence-electron chi connectivity index (χ2n) is 5.54. The molecule has 126 valence electrons. The highest BCUT2D eigenvalue weighted by atomic mass is 16.2. The van der Waals surface area contributed by atoms with Gasteiger partial charge in [-0.3, -0.25) is 4.79 Å². The highest BCUT2D eigenvalue weighted by Crippen LogP contribution is 2.09. The van der Waals surface area contributed by atoms with Crippen LogP contribution in [0.5, 0.6) is 0 Å². The molecule has 24 heavy (non-hydrogen) atoms. The minimum atomic E-state index is -0.562. The number of carbonyl (C=O) groups is 2. The van der Waals surface area contributed by atoms with E-state index in [1.165, 1.54) is 5.56 Å². The highest BCUT2D eigenvalue weighted by Gasteiger charge is 2.14. The first-order chi connectivity index (χ1) is 11.6. The van der Waals surface area contributed by atoms with Crippen LogP contribution < -0.4 is 11.1 Å². The average Bonchev–Trinajstić information content (AvgIpc) is 2.61. The molecule has 2 aromatic rings. The number of primary amides is 1. The number of amides is 3. The van der Waals surface area contributed by atoms with Crippen molar-refractivity contribution in [2.45, 2.75) is 19.9 Å². The molecule has 0 unspecified atom stereocenters. The van der Waals surface area contributed by atoms with Crippen molar-refractivity contribution >= 4 is 11.9 Å². The molecule has 0 aliphatic carbocycles. The summed E-state index contributed by atoms with van der Waals surface area (Å²) in [7, 11) is 0. The van der Waals surface area contributed by atoms with Crippen LogP contribution in [0.25, 0.3) is 0 Å². The van der Waals surface area contributed by atoms with Crippen LogP contribution in [0, 0.1) is 0 Å². The van der Waals surface area contributed by atoms with Crippen LogP contribution in [0.2, 0.25) is 0 Å². The number of hydrogen-bond acceptors (Lipinski definition) is 2. The predicted octanol–water partition coefficient (Wildman–Crippen LogP) is 2.56. The molecule has 0 atom stereocenters. The second kappa shape index (κ2) is 8.72. The van der Waals surface area contributed by atoms with E-state index in [-0.39, 0.29) is 5.91 Å². The van der Waals surface area contributed by atoms with Crippen molar-refractivity contribution in [1.82, 2.24) is 10.2 Å². The van der Waals surface area contributed by atoms with Gasteiger partial charge in [0.15, 0.2) is 0 Å². The van der Waals surface area contributed by atoms with Crippen LogP contribution in [-0.2, 0) is 13.0 Å². The molecular weight excluding hydrogens is 302 g/mol. The maximum absolute atomic E-state index is 12.6. The molecule has 5 heteroatoms. The van der Waals surface area contributed by atoms with E-state index in [1.54, 1.807) is 12.1 Å². The summed E-state index contributed by atoms with van der Waals surface area (Å²) >= 11 is 0. The lowest BCUT2D eigenvalue weighted by Gasteiger charge is -2.21. The topological polar surface area (TPSA) is 75.4 Å². The Balaban J connectivity index is 1.96. The van der Waals surface area contributed by atoms with Crippen molar-refractivity contribution in [2.24, 2.45) is 5.73 Å². The molecule has 2 aromatic carbocycles. The highest BCUT2D eigenvalue weighted by molar-refractivity contribution is 5.94. The molecule has 0 heterocycles. The Kier molecular flexibility index (Phi) is 6.37. The Labute approximate surface area is 142 Å². The summed E-state index contributed by atoms with van der Waals surface area (Å²) in [6, 6.07) is 16.8.